The number of hydrogen-bond donors (Lipinski definition) is 1. The number of hydrogen-bond acceptors (Lipinski definition) is 3. The minimum atomic E-state index is -0.653. The van der Waals surface area contributed by atoms with Crippen molar-refractivity contribution in [3.05, 3.63) is 12.2 Å². The van der Waals surface area contributed by atoms with Gasteiger partial charge in [-0.1, -0.05) is 103 Å². The van der Waals surface area contributed by atoms with E-state index in [-0.39, 0.29) is 5.97 Å². The molecular formula is C23H44O4. The highest BCUT2D eigenvalue weighted by atomic mass is 16.5. The molecule has 0 spiro atoms. The molecule has 160 valence electrons. The van der Waals surface area contributed by atoms with Crippen LogP contribution in [-0.4, -0.2) is 24.2 Å². The van der Waals surface area contributed by atoms with Crippen molar-refractivity contribution in [2.45, 2.75) is 117 Å². The Morgan fingerprint density at radius 2 is 1.07 bits per heavy atom. The summed E-state index contributed by atoms with van der Waals surface area (Å²) in [6.45, 7) is 7.22. The minimum Gasteiger partial charge on any atom is -0.481 e. The monoisotopic (exact) mass is 384 g/mol. The Balaban J connectivity index is 0. The van der Waals surface area contributed by atoms with E-state index in [2.05, 4.69) is 18.2 Å². The van der Waals surface area contributed by atoms with Crippen LogP contribution in [0.4, 0.5) is 0 Å². The van der Waals surface area contributed by atoms with Crippen molar-refractivity contribution in [3.63, 3.8) is 0 Å². The van der Waals surface area contributed by atoms with Gasteiger partial charge in [-0.25, -0.2) is 4.79 Å². The average Bonchev–Trinajstić information content (AvgIpc) is 2.64. The van der Waals surface area contributed by atoms with Crippen molar-refractivity contribution in [2.24, 2.45) is 0 Å². The number of aliphatic carboxylic acids is 1. The Hall–Kier alpha value is -1.32. The fourth-order valence-electron chi connectivity index (χ4n) is 2.82. The lowest BCUT2D eigenvalue weighted by atomic mass is 10.0. The summed E-state index contributed by atoms with van der Waals surface area (Å²) < 4.78 is 4.27. The topological polar surface area (TPSA) is 63.6 Å². The molecule has 0 aromatic rings. The second-order valence-electron chi connectivity index (χ2n) is 7.37. The molecule has 0 radical (unpaired) electrons. The van der Waals surface area contributed by atoms with Gasteiger partial charge in [0.05, 0.1) is 7.11 Å². The van der Waals surface area contributed by atoms with Gasteiger partial charge in [0.25, 0.3) is 0 Å². The lowest BCUT2D eigenvalue weighted by Gasteiger charge is -2.03. The summed E-state index contributed by atoms with van der Waals surface area (Å²) in [6, 6.07) is 0. The number of unbranched alkanes of at least 4 members (excludes halogenated alkanes) is 14. The van der Waals surface area contributed by atoms with Crippen LogP contribution in [0.3, 0.4) is 0 Å². The first kappa shape index (κ1) is 27.9. The maximum Gasteiger partial charge on any atom is 0.332 e. The Kier molecular flexibility index (Phi) is 23.5. The van der Waals surface area contributed by atoms with E-state index in [1.807, 2.05) is 0 Å². The Labute approximate surface area is 167 Å². The predicted octanol–water partition coefficient (Wildman–Crippen LogP) is 7.07. The maximum atomic E-state index is 10.3. The molecule has 27 heavy (non-hydrogen) atoms. The quantitative estimate of drug-likeness (QED) is 0.165. The molecule has 0 fully saturated rings. The van der Waals surface area contributed by atoms with Crippen molar-refractivity contribution >= 4 is 11.9 Å². The van der Waals surface area contributed by atoms with Gasteiger partial charge in [-0.05, 0) is 13.3 Å². The molecule has 0 saturated carbocycles. The molecule has 0 heterocycles. The molecule has 0 aliphatic carbocycles. The highest BCUT2D eigenvalue weighted by molar-refractivity contribution is 5.86. The highest BCUT2D eigenvalue weighted by Gasteiger charge is 1.97. The van der Waals surface area contributed by atoms with E-state index in [1.54, 1.807) is 6.92 Å². The van der Waals surface area contributed by atoms with Gasteiger partial charge in [-0.3, -0.25) is 4.79 Å². The molecule has 4 nitrogen and oxygen atoms in total. The van der Waals surface area contributed by atoms with Crippen molar-refractivity contribution < 1.29 is 19.4 Å². The number of carboxylic acids is 1. The third-order valence-electron chi connectivity index (χ3n) is 4.53. The van der Waals surface area contributed by atoms with Crippen LogP contribution in [0.5, 0.6) is 0 Å². The van der Waals surface area contributed by atoms with Crippen LogP contribution < -0.4 is 0 Å². The van der Waals surface area contributed by atoms with Crippen molar-refractivity contribution in [1.29, 1.82) is 0 Å². The van der Waals surface area contributed by atoms with E-state index in [1.165, 1.54) is 90.6 Å². The molecule has 4 heteroatoms. The molecule has 0 aromatic carbocycles. The zero-order chi connectivity index (χ0) is 20.8. The van der Waals surface area contributed by atoms with E-state index in [0.29, 0.717) is 12.0 Å². The summed E-state index contributed by atoms with van der Waals surface area (Å²) in [4.78, 5) is 20.5. The van der Waals surface area contributed by atoms with Crippen LogP contribution in [0.25, 0.3) is 0 Å². The van der Waals surface area contributed by atoms with E-state index in [9.17, 15) is 9.59 Å². The van der Waals surface area contributed by atoms with Gasteiger partial charge in [-0.2, -0.15) is 0 Å². The first-order chi connectivity index (χ1) is 13.0. The lowest BCUT2D eigenvalue weighted by molar-refractivity contribution is -0.137. The second kappa shape index (κ2) is 22.7. The SMILES string of the molecule is C=C(C)C(=O)OC.CCCCCCCCCCCCCCCCCC(=O)O. The van der Waals surface area contributed by atoms with E-state index in [4.69, 9.17) is 5.11 Å². The van der Waals surface area contributed by atoms with Crippen LogP contribution in [0.2, 0.25) is 0 Å². The average molecular weight is 385 g/mol. The smallest absolute Gasteiger partial charge is 0.332 e. The molecule has 0 unspecified atom stereocenters. The first-order valence-electron chi connectivity index (χ1n) is 10.9. The molecule has 0 aliphatic heterocycles. The summed E-state index contributed by atoms with van der Waals surface area (Å²) in [5.41, 5.74) is 0.433. The maximum absolute atomic E-state index is 10.3. The Morgan fingerprint density at radius 3 is 1.30 bits per heavy atom. The molecule has 0 saturated heterocycles. The second-order valence-corrected chi connectivity index (χ2v) is 7.37. The number of esters is 1. The summed E-state index contributed by atoms with van der Waals surface area (Å²) in [7, 11) is 1.33. The van der Waals surface area contributed by atoms with Gasteiger partial charge in [0, 0.05) is 12.0 Å². The van der Waals surface area contributed by atoms with E-state index < -0.39 is 5.97 Å². The molecule has 1 N–H and O–H groups in total. The Bertz CT molecular complexity index is 363. The number of carbonyl (C=O) groups is 2. The fraction of sp³-hybridized carbons (Fsp3) is 0.826. The molecular weight excluding hydrogens is 340 g/mol. The van der Waals surface area contributed by atoms with Gasteiger partial charge in [0.15, 0.2) is 0 Å². The molecule has 0 aliphatic rings. The number of methoxy groups -OCH3 is 1. The first-order valence-corrected chi connectivity index (χ1v) is 10.9. The number of carbonyl (C=O) groups excluding carboxylic acids is 1. The standard InChI is InChI=1S/C18H36O2.C5H8O2/c1-2-3-4-5-6-7-8-9-10-11-12-13-14-15-16-17-18(19)20;1-4(2)5(6)7-3/h2-17H2,1H3,(H,19,20);1H2,2-3H3. The van der Waals surface area contributed by atoms with Crippen molar-refractivity contribution in [3.8, 4) is 0 Å². The normalized spacial score (nSPS) is 10.0. The van der Waals surface area contributed by atoms with Gasteiger partial charge in [0.1, 0.15) is 0 Å². The van der Waals surface area contributed by atoms with Crippen LogP contribution in [-0.2, 0) is 14.3 Å². The summed E-state index contributed by atoms with van der Waals surface area (Å²) >= 11 is 0. The van der Waals surface area contributed by atoms with Crippen LogP contribution >= 0.6 is 0 Å². The Morgan fingerprint density at radius 1 is 0.741 bits per heavy atom. The summed E-state index contributed by atoms with van der Waals surface area (Å²) in [5.74, 6) is -1.00. The third-order valence-corrected chi connectivity index (χ3v) is 4.53. The summed E-state index contributed by atoms with van der Waals surface area (Å²) in [5, 5.41) is 8.52. The fourth-order valence-corrected chi connectivity index (χ4v) is 2.82. The molecule has 0 aromatic heterocycles. The highest BCUT2D eigenvalue weighted by Crippen LogP contribution is 2.13. The van der Waals surface area contributed by atoms with Gasteiger partial charge >= 0.3 is 11.9 Å². The zero-order valence-corrected chi connectivity index (χ0v) is 18.2. The number of rotatable bonds is 17. The molecule has 0 atom stereocenters. The van der Waals surface area contributed by atoms with Crippen molar-refractivity contribution in [2.75, 3.05) is 7.11 Å². The molecule has 0 amide bonds. The third kappa shape index (κ3) is 27.0. The van der Waals surface area contributed by atoms with E-state index >= 15 is 0 Å². The number of ether oxygens (including phenoxy) is 1. The largest absolute Gasteiger partial charge is 0.481 e. The van der Waals surface area contributed by atoms with E-state index in [0.717, 1.165) is 12.8 Å². The van der Waals surface area contributed by atoms with Gasteiger partial charge in [-0.15, -0.1) is 0 Å². The molecule has 0 rings (SSSR count). The lowest BCUT2D eigenvalue weighted by Crippen LogP contribution is -1.98. The minimum absolute atomic E-state index is 0.345. The number of carboxylic acid groups (broad SMARTS) is 1. The molecule has 0 bridgehead atoms. The zero-order valence-electron chi connectivity index (χ0n) is 18.2. The van der Waals surface area contributed by atoms with Crippen LogP contribution in [0.1, 0.15) is 117 Å². The van der Waals surface area contributed by atoms with Crippen LogP contribution in [0, 0.1) is 0 Å². The van der Waals surface area contributed by atoms with Crippen molar-refractivity contribution in [1.82, 2.24) is 0 Å². The predicted molar refractivity (Wildman–Crippen MR) is 114 cm³/mol. The van der Waals surface area contributed by atoms with Gasteiger partial charge < -0.3 is 9.84 Å². The van der Waals surface area contributed by atoms with Crippen LogP contribution in [0.15, 0.2) is 12.2 Å². The van der Waals surface area contributed by atoms with Gasteiger partial charge in [0.2, 0.25) is 0 Å². The summed E-state index contributed by atoms with van der Waals surface area (Å²) in [6.07, 6.45) is 20.2.